The van der Waals surface area contributed by atoms with Crippen LogP contribution in [0.15, 0.2) is 54.6 Å². The molecule has 0 radical (unpaired) electrons. The highest BCUT2D eigenvalue weighted by Gasteiger charge is 2.14. The molecular weight excluding hydrogens is 320 g/mol. The van der Waals surface area contributed by atoms with Gasteiger partial charge in [-0.1, -0.05) is 30.3 Å². The topological polar surface area (TPSA) is 54.0 Å². The Balaban J connectivity index is 1.88. The van der Waals surface area contributed by atoms with E-state index in [2.05, 4.69) is 0 Å². The van der Waals surface area contributed by atoms with Crippen LogP contribution in [0.25, 0.3) is 0 Å². The molecule has 25 heavy (non-hydrogen) atoms. The first-order chi connectivity index (χ1) is 12.2. The fourth-order valence-electron chi connectivity index (χ4n) is 2.24. The molecule has 2 aromatic carbocycles. The van der Waals surface area contributed by atoms with E-state index in [9.17, 15) is 4.79 Å². The Kier molecular flexibility index (Phi) is 7.79. The number of hydrogen-bond acceptors (Lipinski definition) is 5. The maximum absolute atomic E-state index is 11.4. The van der Waals surface area contributed by atoms with Gasteiger partial charge in [0.2, 0.25) is 0 Å². The van der Waals surface area contributed by atoms with E-state index in [0.29, 0.717) is 26.1 Å². The molecule has 2 rings (SSSR count). The molecule has 0 aliphatic carbocycles. The van der Waals surface area contributed by atoms with Crippen LogP contribution in [0, 0.1) is 0 Å². The van der Waals surface area contributed by atoms with Gasteiger partial charge in [0.05, 0.1) is 26.9 Å². The minimum atomic E-state index is -0.252. The lowest BCUT2D eigenvalue weighted by Gasteiger charge is -2.18. The summed E-state index contributed by atoms with van der Waals surface area (Å²) in [4.78, 5) is 11.4. The lowest BCUT2D eigenvalue weighted by molar-refractivity contribution is -0.141. The summed E-state index contributed by atoms with van der Waals surface area (Å²) in [6, 6.07) is 17.2. The van der Waals surface area contributed by atoms with E-state index in [1.54, 1.807) is 7.11 Å². The van der Waals surface area contributed by atoms with Gasteiger partial charge in [-0.25, -0.2) is 0 Å². The van der Waals surface area contributed by atoms with Crippen molar-refractivity contribution in [1.29, 1.82) is 0 Å². The molecule has 2 aromatic rings. The smallest absolute Gasteiger partial charge is 0.305 e. The molecule has 0 aliphatic heterocycles. The van der Waals surface area contributed by atoms with E-state index >= 15 is 0 Å². The SMILES string of the molecule is COC(=O)CCC(COc1ccccc1)OCc1ccc(OC)cc1. The summed E-state index contributed by atoms with van der Waals surface area (Å²) in [5, 5.41) is 0. The van der Waals surface area contributed by atoms with Crippen molar-refractivity contribution in [1.82, 2.24) is 0 Å². The number of esters is 1. The molecular formula is C20H24O5. The van der Waals surface area contributed by atoms with Gasteiger partial charge in [0.15, 0.2) is 0 Å². The van der Waals surface area contributed by atoms with Crippen LogP contribution in [0.4, 0.5) is 0 Å². The molecule has 0 amide bonds. The summed E-state index contributed by atoms with van der Waals surface area (Å²) in [6.07, 6.45) is 0.624. The molecule has 0 heterocycles. The van der Waals surface area contributed by atoms with Crippen LogP contribution in [0.1, 0.15) is 18.4 Å². The van der Waals surface area contributed by atoms with Gasteiger partial charge in [-0.15, -0.1) is 0 Å². The van der Waals surface area contributed by atoms with Gasteiger partial charge in [-0.3, -0.25) is 4.79 Å². The molecule has 0 aliphatic rings. The van der Waals surface area contributed by atoms with Crippen LogP contribution in [0.3, 0.4) is 0 Å². The molecule has 0 saturated carbocycles. The zero-order valence-corrected chi connectivity index (χ0v) is 14.6. The van der Waals surface area contributed by atoms with Gasteiger partial charge in [-0.2, -0.15) is 0 Å². The first-order valence-corrected chi connectivity index (χ1v) is 8.20. The molecule has 134 valence electrons. The molecule has 1 unspecified atom stereocenters. The second-order valence-electron chi connectivity index (χ2n) is 5.52. The van der Waals surface area contributed by atoms with E-state index in [4.69, 9.17) is 18.9 Å². The largest absolute Gasteiger partial charge is 0.497 e. The van der Waals surface area contributed by atoms with Gasteiger partial charge < -0.3 is 18.9 Å². The van der Waals surface area contributed by atoms with Crippen molar-refractivity contribution < 1.29 is 23.7 Å². The molecule has 1 atom stereocenters. The standard InChI is InChI=1S/C20H24O5/c1-22-17-10-8-16(9-11-17)14-24-19(12-13-20(21)23-2)15-25-18-6-4-3-5-7-18/h3-11,19H,12-15H2,1-2H3. The zero-order chi connectivity index (χ0) is 17.9. The third-order valence-electron chi connectivity index (χ3n) is 3.72. The number of rotatable bonds is 10. The van der Waals surface area contributed by atoms with Crippen molar-refractivity contribution in [2.24, 2.45) is 0 Å². The monoisotopic (exact) mass is 344 g/mol. The van der Waals surface area contributed by atoms with Crippen molar-refractivity contribution in [3.8, 4) is 11.5 Å². The Morgan fingerprint density at radius 2 is 1.68 bits per heavy atom. The maximum Gasteiger partial charge on any atom is 0.305 e. The van der Waals surface area contributed by atoms with Crippen LogP contribution in [0.2, 0.25) is 0 Å². The summed E-state index contributed by atoms with van der Waals surface area (Å²) in [7, 11) is 3.02. The normalized spacial score (nSPS) is 11.6. The second kappa shape index (κ2) is 10.4. The van der Waals surface area contributed by atoms with Crippen molar-refractivity contribution in [2.45, 2.75) is 25.6 Å². The van der Waals surface area contributed by atoms with Crippen molar-refractivity contribution >= 4 is 5.97 Å². The van der Waals surface area contributed by atoms with Crippen LogP contribution in [-0.4, -0.2) is 32.9 Å². The predicted molar refractivity (Wildman–Crippen MR) is 94.8 cm³/mol. The summed E-state index contributed by atoms with van der Waals surface area (Å²) < 4.78 is 21.6. The molecule has 5 nitrogen and oxygen atoms in total. The Morgan fingerprint density at radius 1 is 0.960 bits per heavy atom. The highest BCUT2D eigenvalue weighted by molar-refractivity contribution is 5.69. The number of para-hydroxylation sites is 1. The van der Waals surface area contributed by atoms with Gasteiger partial charge in [-0.05, 0) is 36.2 Å². The summed E-state index contributed by atoms with van der Waals surface area (Å²) in [5.74, 6) is 1.33. The van der Waals surface area contributed by atoms with Gasteiger partial charge >= 0.3 is 5.97 Å². The Labute approximate surface area is 148 Å². The predicted octanol–water partition coefficient (Wildman–Crippen LogP) is 3.61. The second-order valence-corrected chi connectivity index (χ2v) is 5.52. The summed E-state index contributed by atoms with van der Waals surface area (Å²) in [6.45, 7) is 0.811. The molecule has 0 saturated heterocycles. The Bertz CT molecular complexity index is 624. The van der Waals surface area contributed by atoms with E-state index in [-0.39, 0.29) is 12.1 Å². The molecule has 5 heteroatoms. The fraction of sp³-hybridized carbons (Fsp3) is 0.350. The molecule has 0 bridgehead atoms. The quantitative estimate of drug-likeness (QED) is 0.616. The van der Waals surface area contributed by atoms with Crippen molar-refractivity contribution in [3.63, 3.8) is 0 Å². The number of carbonyl (C=O) groups excluding carboxylic acids is 1. The van der Waals surface area contributed by atoms with Gasteiger partial charge in [0.25, 0.3) is 0 Å². The minimum Gasteiger partial charge on any atom is -0.497 e. The molecule has 0 N–H and O–H groups in total. The minimum absolute atomic E-state index is 0.207. The highest BCUT2D eigenvalue weighted by atomic mass is 16.5. The average molecular weight is 344 g/mol. The van der Waals surface area contributed by atoms with E-state index in [1.165, 1.54) is 7.11 Å². The Morgan fingerprint density at radius 3 is 2.32 bits per heavy atom. The summed E-state index contributed by atoms with van der Waals surface area (Å²) >= 11 is 0. The van der Waals surface area contributed by atoms with Crippen LogP contribution in [0.5, 0.6) is 11.5 Å². The Hall–Kier alpha value is -2.53. The van der Waals surface area contributed by atoms with Crippen LogP contribution < -0.4 is 9.47 Å². The van der Waals surface area contributed by atoms with E-state index in [1.807, 2.05) is 54.6 Å². The van der Waals surface area contributed by atoms with Crippen LogP contribution >= 0.6 is 0 Å². The van der Waals surface area contributed by atoms with Crippen molar-refractivity contribution in [2.75, 3.05) is 20.8 Å². The lowest BCUT2D eigenvalue weighted by Crippen LogP contribution is -2.23. The highest BCUT2D eigenvalue weighted by Crippen LogP contribution is 2.15. The summed E-state index contributed by atoms with van der Waals surface area (Å²) in [5.41, 5.74) is 1.03. The number of hydrogen-bond donors (Lipinski definition) is 0. The number of carbonyl (C=O) groups is 1. The fourth-order valence-corrected chi connectivity index (χ4v) is 2.24. The number of benzene rings is 2. The molecule has 0 aromatic heterocycles. The first-order valence-electron chi connectivity index (χ1n) is 8.20. The van der Waals surface area contributed by atoms with Gasteiger partial charge in [0.1, 0.15) is 18.1 Å². The maximum atomic E-state index is 11.4. The van der Waals surface area contributed by atoms with Crippen LogP contribution in [-0.2, 0) is 20.9 Å². The lowest BCUT2D eigenvalue weighted by atomic mass is 10.2. The van der Waals surface area contributed by atoms with Gasteiger partial charge in [0, 0.05) is 6.42 Å². The third kappa shape index (κ3) is 6.85. The van der Waals surface area contributed by atoms with E-state index in [0.717, 1.165) is 17.1 Å². The zero-order valence-electron chi connectivity index (χ0n) is 14.6. The average Bonchev–Trinajstić information content (AvgIpc) is 2.68. The third-order valence-corrected chi connectivity index (χ3v) is 3.72. The first kappa shape index (κ1) is 18.8. The number of ether oxygens (including phenoxy) is 4. The molecule has 0 spiro atoms. The number of methoxy groups -OCH3 is 2. The molecule has 0 fully saturated rings. The van der Waals surface area contributed by atoms with Crippen molar-refractivity contribution in [3.05, 3.63) is 60.2 Å². The van der Waals surface area contributed by atoms with E-state index < -0.39 is 0 Å².